The van der Waals surface area contributed by atoms with Gasteiger partial charge in [0.2, 0.25) is 0 Å². The third-order valence-corrected chi connectivity index (χ3v) is 3.49. The second-order valence-electron chi connectivity index (χ2n) is 5.09. The molecule has 1 aromatic carbocycles. The number of nitrogens with one attached hydrogen (secondary N) is 1. The maximum absolute atomic E-state index is 12.4. The van der Waals surface area contributed by atoms with Crippen LogP contribution in [0.4, 0.5) is 0 Å². The average Bonchev–Trinajstić information content (AvgIpc) is 2.55. The van der Waals surface area contributed by atoms with Crippen molar-refractivity contribution in [2.24, 2.45) is 0 Å². The summed E-state index contributed by atoms with van der Waals surface area (Å²) in [4.78, 5) is 26.1. The molecule has 21 heavy (non-hydrogen) atoms. The molecule has 2 amide bonds. The first-order valence-corrected chi connectivity index (χ1v) is 7.47. The van der Waals surface area contributed by atoms with E-state index in [0.29, 0.717) is 44.0 Å². The molecule has 114 valence electrons. The molecule has 1 heterocycles. The van der Waals surface area contributed by atoms with Gasteiger partial charge < -0.3 is 15.0 Å². The highest BCUT2D eigenvalue weighted by Crippen LogP contribution is 2.10. The number of nitrogens with zero attached hydrogens (tertiary/aromatic N) is 1. The lowest BCUT2D eigenvalue weighted by Gasteiger charge is -2.27. The third-order valence-electron chi connectivity index (χ3n) is 3.49. The van der Waals surface area contributed by atoms with Gasteiger partial charge in [0, 0.05) is 30.8 Å². The van der Waals surface area contributed by atoms with Crippen molar-refractivity contribution in [2.75, 3.05) is 32.8 Å². The zero-order chi connectivity index (χ0) is 15.1. The molecular weight excluding hydrogens is 268 g/mol. The number of benzene rings is 1. The second kappa shape index (κ2) is 7.78. The lowest BCUT2D eigenvalue weighted by atomic mass is 10.1. The molecule has 2 rings (SSSR count). The summed E-state index contributed by atoms with van der Waals surface area (Å²) in [5, 5.41) is 2.86. The minimum absolute atomic E-state index is 0.0403. The normalized spacial score (nSPS) is 14.8. The topological polar surface area (TPSA) is 58.6 Å². The van der Waals surface area contributed by atoms with Crippen molar-refractivity contribution in [1.29, 1.82) is 0 Å². The minimum atomic E-state index is -0.125. The number of carbonyl (C=O) groups is 2. The molecule has 0 bridgehead atoms. The zero-order valence-corrected chi connectivity index (χ0v) is 12.4. The van der Waals surface area contributed by atoms with E-state index >= 15 is 0 Å². The summed E-state index contributed by atoms with van der Waals surface area (Å²) in [6, 6.07) is 6.90. The number of morpholine rings is 1. The minimum Gasteiger partial charge on any atom is -0.378 e. The van der Waals surface area contributed by atoms with Gasteiger partial charge >= 0.3 is 0 Å². The largest absolute Gasteiger partial charge is 0.378 e. The van der Waals surface area contributed by atoms with Crippen LogP contribution in [0.3, 0.4) is 0 Å². The molecule has 1 aliphatic heterocycles. The van der Waals surface area contributed by atoms with Crippen LogP contribution >= 0.6 is 0 Å². The fourth-order valence-electron chi connectivity index (χ4n) is 2.22. The van der Waals surface area contributed by atoms with Crippen LogP contribution in [0.25, 0.3) is 0 Å². The van der Waals surface area contributed by atoms with Crippen molar-refractivity contribution < 1.29 is 14.3 Å². The van der Waals surface area contributed by atoms with Gasteiger partial charge in [-0.25, -0.2) is 0 Å². The Labute approximate surface area is 125 Å². The van der Waals surface area contributed by atoms with E-state index in [-0.39, 0.29) is 11.8 Å². The summed E-state index contributed by atoms with van der Waals surface area (Å²) in [6.45, 7) is 5.09. The first-order valence-electron chi connectivity index (χ1n) is 7.47. The molecule has 1 aromatic rings. The van der Waals surface area contributed by atoms with E-state index in [0.717, 1.165) is 12.8 Å². The first kappa shape index (κ1) is 15.5. The van der Waals surface area contributed by atoms with Crippen molar-refractivity contribution in [3.8, 4) is 0 Å². The van der Waals surface area contributed by atoms with Gasteiger partial charge in [-0.05, 0) is 24.6 Å². The molecule has 0 unspecified atom stereocenters. The summed E-state index contributed by atoms with van der Waals surface area (Å²) in [5.41, 5.74) is 1.09. The van der Waals surface area contributed by atoms with E-state index in [1.165, 1.54) is 0 Å². The van der Waals surface area contributed by atoms with Crippen LogP contribution in [0.5, 0.6) is 0 Å². The maximum atomic E-state index is 12.4. The van der Waals surface area contributed by atoms with Gasteiger partial charge in [-0.15, -0.1) is 0 Å². The zero-order valence-electron chi connectivity index (χ0n) is 12.4. The number of amides is 2. The van der Waals surface area contributed by atoms with E-state index in [1.54, 1.807) is 29.2 Å². The van der Waals surface area contributed by atoms with Crippen molar-refractivity contribution in [1.82, 2.24) is 10.2 Å². The van der Waals surface area contributed by atoms with Crippen LogP contribution < -0.4 is 5.32 Å². The van der Waals surface area contributed by atoms with Gasteiger partial charge in [0.1, 0.15) is 0 Å². The van der Waals surface area contributed by atoms with E-state index in [2.05, 4.69) is 12.2 Å². The Bertz CT molecular complexity index is 496. The Morgan fingerprint density at radius 2 is 1.95 bits per heavy atom. The highest BCUT2D eigenvalue weighted by Gasteiger charge is 2.19. The Kier molecular flexibility index (Phi) is 5.75. The quantitative estimate of drug-likeness (QED) is 0.840. The number of ether oxygens (including phenoxy) is 1. The summed E-state index contributed by atoms with van der Waals surface area (Å²) < 4.78 is 5.24. The molecule has 0 radical (unpaired) electrons. The van der Waals surface area contributed by atoms with Crippen LogP contribution in [-0.4, -0.2) is 49.6 Å². The molecule has 5 nitrogen and oxygen atoms in total. The number of carbonyl (C=O) groups excluding carboxylic acids is 2. The van der Waals surface area contributed by atoms with Gasteiger partial charge in [0.05, 0.1) is 13.2 Å². The number of hydrogen-bond acceptors (Lipinski definition) is 3. The number of rotatable bonds is 5. The van der Waals surface area contributed by atoms with Gasteiger partial charge in [-0.3, -0.25) is 9.59 Å². The predicted molar refractivity (Wildman–Crippen MR) is 80.4 cm³/mol. The Morgan fingerprint density at radius 1 is 1.24 bits per heavy atom. The van der Waals surface area contributed by atoms with Crippen molar-refractivity contribution in [3.63, 3.8) is 0 Å². The maximum Gasteiger partial charge on any atom is 0.254 e. The summed E-state index contributed by atoms with van der Waals surface area (Å²) in [7, 11) is 0. The van der Waals surface area contributed by atoms with Crippen LogP contribution in [0.2, 0.25) is 0 Å². The van der Waals surface area contributed by atoms with Crippen LogP contribution in [0, 0.1) is 0 Å². The van der Waals surface area contributed by atoms with Crippen molar-refractivity contribution in [3.05, 3.63) is 35.4 Å². The van der Waals surface area contributed by atoms with Gasteiger partial charge in [-0.2, -0.15) is 0 Å². The lowest BCUT2D eigenvalue weighted by molar-refractivity contribution is 0.0303. The van der Waals surface area contributed by atoms with E-state index in [9.17, 15) is 9.59 Å². The van der Waals surface area contributed by atoms with Crippen LogP contribution in [0.1, 0.15) is 40.5 Å². The molecule has 0 aliphatic carbocycles. The molecule has 1 saturated heterocycles. The lowest BCUT2D eigenvalue weighted by Crippen LogP contribution is -2.40. The molecule has 0 aromatic heterocycles. The predicted octanol–water partition coefficient (Wildman–Crippen LogP) is 1.69. The molecule has 0 spiro atoms. The van der Waals surface area contributed by atoms with Gasteiger partial charge in [-0.1, -0.05) is 19.4 Å². The number of hydrogen-bond donors (Lipinski definition) is 1. The number of unbranched alkanes of at least 4 members (excludes halogenated alkanes) is 1. The van der Waals surface area contributed by atoms with Crippen molar-refractivity contribution in [2.45, 2.75) is 19.8 Å². The van der Waals surface area contributed by atoms with Gasteiger partial charge in [0.15, 0.2) is 0 Å². The molecule has 1 fully saturated rings. The Balaban J connectivity index is 2.02. The average molecular weight is 290 g/mol. The highest BCUT2D eigenvalue weighted by atomic mass is 16.5. The molecule has 5 heteroatoms. The van der Waals surface area contributed by atoms with E-state index in [4.69, 9.17) is 4.74 Å². The summed E-state index contributed by atoms with van der Waals surface area (Å²) in [6.07, 6.45) is 1.99. The SMILES string of the molecule is CCCCNC(=O)c1cccc(C(=O)N2CCOCC2)c1. The third kappa shape index (κ3) is 4.29. The fourth-order valence-corrected chi connectivity index (χ4v) is 2.22. The molecule has 1 N–H and O–H groups in total. The van der Waals surface area contributed by atoms with Gasteiger partial charge in [0.25, 0.3) is 11.8 Å². The highest BCUT2D eigenvalue weighted by molar-refractivity contribution is 5.99. The fraction of sp³-hybridized carbons (Fsp3) is 0.500. The second-order valence-corrected chi connectivity index (χ2v) is 5.09. The summed E-state index contributed by atoms with van der Waals surface area (Å²) >= 11 is 0. The van der Waals surface area contributed by atoms with Crippen molar-refractivity contribution >= 4 is 11.8 Å². The molecule has 0 saturated carbocycles. The van der Waals surface area contributed by atoms with Crippen LogP contribution in [-0.2, 0) is 4.74 Å². The van der Waals surface area contributed by atoms with E-state index < -0.39 is 0 Å². The molecule has 0 atom stereocenters. The Hall–Kier alpha value is -1.88. The first-order chi connectivity index (χ1) is 10.2. The standard InChI is InChI=1S/C16H22N2O3/c1-2-3-7-17-15(19)13-5-4-6-14(12-13)16(20)18-8-10-21-11-9-18/h4-6,12H,2-3,7-11H2,1H3,(H,17,19). The monoisotopic (exact) mass is 290 g/mol. The summed E-state index contributed by atoms with van der Waals surface area (Å²) in [5.74, 6) is -0.165. The molecular formula is C16H22N2O3. The van der Waals surface area contributed by atoms with Crippen LogP contribution in [0.15, 0.2) is 24.3 Å². The van der Waals surface area contributed by atoms with E-state index in [1.807, 2.05) is 0 Å². The Morgan fingerprint density at radius 3 is 2.67 bits per heavy atom. The smallest absolute Gasteiger partial charge is 0.254 e. The molecule has 1 aliphatic rings.